The number of nitrogens with two attached hydrogens (primary N) is 1. The van der Waals surface area contributed by atoms with E-state index in [0.717, 1.165) is 23.0 Å². The summed E-state index contributed by atoms with van der Waals surface area (Å²) in [6.07, 6.45) is 3.04. The van der Waals surface area contributed by atoms with Crippen LogP contribution in [0.25, 0.3) is 10.9 Å². The highest BCUT2D eigenvalue weighted by molar-refractivity contribution is 5.96. The molecule has 0 aliphatic carbocycles. The number of aromatic amines is 1. The van der Waals surface area contributed by atoms with E-state index in [0.29, 0.717) is 18.7 Å². The maximum atomic E-state index is 13.6. The third kappa shape index (κ3) is 4.34. The number of H-pyrrole nitrogens is 1. The lowest BCUT2D eigenvalue weighted by molar-refractivity contribution is -0.119. The number of fused-ring (bicyclic) bond motifs is 1. The maximum absolute atomic E-state index is 13.6. The number of hydrogen-bond acceptors (Lipinski definition) is 5. The fourth-order valence-corrected chi connectivity index (χ4v) is 4.01. The van der Waals surface area contributed by atoms with Crippen molar-refractivity contribution < 1.29 is 9.21 Å². The Morgan fingerprint density at radius 3 is 2.67 bits per heavy atom. The molecule has 1 amide bonds. The molecular weight excluding hydrogens is 422 g/mol. The number of aryl methyl sites for hydroxylation is 1. The number of nitrogen functional groups attached to an aromatic ring is 1. The number of nitrogens with zero attached hydrogens (tertiary/aromatic N) is 3. The van der Waals surface area contributed by atoms with Gasteiger partial charge in [0.1, 0.15) is 18.1 Å². The second-order valence-electron chi connectivity index (χ2n) is 7.99. The van der Waals surface area contributed by atoms with Gasteiger partial charge in [-0.3, -0.25) is 24.0 Å². The maximum Gasteiger partial charge on any atom is 0.330 e. The molecule has 4 aromatic rings. The molecule has 9 heteroatoms. The summed E-state index contributed by atoms with van der Waals surface area (Å²) in [6, 6.07) is 13.2. The van der Waals surface area contributed by atoms with Gasteiger partial charge in [-0.15, -0.1) is 0 Å². The zero-order valence-electron chi connectivity index (χ0n) is 18.7. The number of carbonyl (C=O) groups excluding carboxylic acids is 1. The Morgan fingerprint density at radius 2 is 1.94 bits per heavy atom. The third-order valence-corrected chi connectivity index (χ3v) is 5.73. The lowest BCUT2D eigenvalue weighted by Gasteiger charge is -2.24. The minimum atomic E-state index is -0.709. The standard InChI is InChI=1S/C24H27N5O4/c1-3-4-11-27-22(25)21(23(31)26-24(27)32)29(14-18-9-7-12-33-18)20(30)15-28-16(2)13-17-8-5-6-10-19(17)28/h5-10,12-13H,3-4,11,14-15,25H2,1-2H3,(H,26,31,32). The minimum absolute atomic E-state index is 0.00332. The molecule has 4 rings (SSSR count). The van der Waals surface area contributed by atoms with E-state index in [1.807, 2.05) is 48.7 Å². The predicted octanol–water partition coefficient (Wildman–Crippen LogP) is 3.01. The molecule has 0 aliphatic heterocycles. The summed E-state index contributed by atoms with van der Waals surface area (Å²) < 4.78 is 8.64. The van der Waals surface area contributed by atoms with E-state index in [-0.39, 0.29) is 30.5 Å². The summed E-state index contributed by atoms with van der Waals surface area (Å²) in [5, 5.41) is 1.02. The number of furan rings is 1. The van der Waals surface area contributed by atoms with Gasteiger partial charge in [-0.25, -0.2) is 4.79 Å². The van der Waals surface area contributed by atoms with Crippen LogP contribution in [0.1, 0.15) is 31.2 Å². The molecule has 33 heavy (non-hydrogen) atoms. The fraction of sp³-hybridized carbons (Fsp3) is 0.292. The van der Waals surface area contributed by atoms with Crippen molar-refractivity contribution in [1.82, 2.24) is 14.1 Å². The molecule has 3 aromatic heterocycles. The summed E-state index contributed by atoms with van der Waals surface area (Å²) in [7, 11) is 0. The Bertz CT molecular complexity index is 1390. The molecular formula is C24H27N5O4. The smallest absolute Gasteiger partial charge is 0.330 e. The molecule has 0 unspecified atom stereocenters. The van der Waals surface area contributed by atoms with E-state index in [1.54, 1.807) is 12.1 Å². The number of para-hydroxylation sites is 1. The Labute approximate surface area is 190 Å². The number of hydrogen-bond donors (Lipinski definition) is 2. The van der Waals surface area contributed by atoms with Crippen LogP contribution in [0.15, 0.2) is 62.7 Å². The average Bonchev–Trinajstić information content (AvgIpc) is 3.40. The Kier molecular flexibility index (Phi) is 6.21. The molecule has 172 valence electrons. The second-order valence-corrected chi connectivity index (χ2v) is 7.99. The molecule has 0 aliphatic rings. The number of aromatic nitrogens is 3. The zero-order valence-corrected chi connectivity index (χ0v) is 18.7. The molecule has 0 spiro atoms. The molecule has 9 nitrogen and oxygen atoms in total. The van der Waals surface area contributed by atoms with Crippen molar-refractivity contribution in [3.63, 3.8) is 0 Å². The van der Waals surface area contributed by atoms with Gasteiger partial charge >= 0.3 is 5.69 Å². The minimum Gasteiger partial charge on any atom is -0.467 e. The molecule has 0 fully saturated rings. The third-order valence-electron chi connectivity index (χ3n) is 5.73. The average molecular weight is 450 g/mol. The van der Waals surface area contributed by atoms with Crippen LogP contribution in [0, 0.1) is 6.92 Å². The number of amides is 1. The van der Waals surface area contributed by atoms with Crippen LogP contribution in [0.5, 0.6) is 0 Å². The molecule has 0 saturated carbocycles. The Balaban J connectivity index is 1.79. The van der Waals surface area contributed by atoms with E-state index < -0.39 is 11.2 Å². The fourth-order valence-electron chi connectivity index (χ4n) is 4.01. The predicted molar refractivity (Wildman–Crippen MR) is 127 cm³/mol. The summed E-state index contributed by atoms with van der Waals surface area (Å²) in [6.45, 7) is 4.26. The van der Waals surface area contributed by atoms with E-state index in [9.17, 15) is 14.4 Å². The van der Waals surface area contributed by atoms with Crippen molar-refractivity contribution in [2.45, 2.75) is 46.3 Å². The van der Waals surface area contributed by atoms with Gasteiger partial charge in [-0.2, -0.15) is 0 Å². The van der Waals surface area contributed by atoms with Crippen molar-refractivity contribution in [1.29, 1.82) is 0 Å². The summed E-state index contributed by atoms with van der Waals surface area (Å²) in [5.41, 5.74) is 6.77. The van der Waals surface area contributed by atoms with Crippen molar-refractivity contribution in [2.24, 2.45) is 0 Å². The van der Waals surface area contributed by atoms with Gasteiger partial charge in [0.15, 0.2) is 5.69 Å². The first-order chi connectivity index (χ1) is 15.9. The van der Waals surface area contributed by atoms with Gasteiger partial charge in [0.25, 0.3) is 5.56 Å². The quantitative estimate of drug-likeness (QED) is 0.429. The van der Waals surface area contributed by atoms with Crippen molar-refractivity contribution >= 4 is 28.3 Å². The van der Waals surface area contributed by atoms with Gasteiger partial charge in [0, 0.05) is 17.8 Å². The molecule has 3 N–H and O–H groups in total. The van der Waals surface area contributed by atoms with Crippen molar-refractivity contribution in [2.75, 3.05) is 10.6 Å². The van der Waals surface area contributed by atoms with E-state index in [2.05, 4.69) is 4.98 Å². The molecule has 0 atom stereocenters. The second kappa shape index (κ2) is 9.23. The normalized spacial score (nSPS) is 11.2. The Hall–Kier alpha value is -4.01. The molecule has 0 saturated heterocycles. The summed E-state index contributed by atoms with van der Waals surface area (Å²) in [5.74, 6) is 0.0995. The first kappa shape index (κ1) is 22.2. The van der Waals surface area contributed by atoms with Gasteiger partial charge < -0.3 is 14.7 Å². The van der Waals surface area contributed by atoms with Gasteiger partial charge in [-0.05, 0) is 43.0 Å². The molecule has 0 bridgehead atoms. The van der Waals surface area contributed by atoms with Crippen LogP contribution < -0.4 is 21.9 Å². The van der Waals surface area contributed by atoms with Crippen LogP contribution in [0.2, 0.25) is 0 Å². The number of unbranched alkanes of at least 4 members (excludes halogenated alkanes) is 1. The van der Waals surface area contributed by atoms with E-state index in [1.165, 1.54) is 15.7 Å². The monoisotopic (exact) mass is 449 g/mol. The van der Waals surface area contributed by atoms with Gasteiger partial charge in [0.2, 0.25) is 5.91 Å². The van der Waals surface area contributed by atoms with E-state index in [4.69, 9.17) is 10.2 Å². The molecule has 3 heterocycles. The lowest BCUT2D eigenvalue weighted by atomic mass is 10.2. The summed E-state index contributed by atoms with van der Waals surface area (Å²) in [4.78, 5) is 42.5. The van der Waals surface area contributed by atoms with Gasteiger partial charge in [-0.1, -0.05) is 31.5 Å². The lowest BCUT2D eigenvalue weighted by Crippen LogP contribution is -2.42. The highest BCUT2D eigenvalue weighted by Gasteiger charge is 2.26. The van der Waals surface area contributed by atoms with Crippen LogP contribution in [-0.4, -0.2) is 20.0 Å². The number of carbonyl (C=O) groups is 1. The van der Waals surface area contributed by atoms with Crippen LogP contribution in [-0.2, 0) is 24.4 Å². The largest absolute Gasteiger partial charge is 0.467 e. The first-order valence-electron chi connectivity index (χ1n) is 10.9. The van der Waals surface area contributed by atoms with Crippen LogP contribution in [0.4, 0.5) is 11.5 Å². The van der Waals surface area contributed by atoms with Crippen molar-refractivity contribution in [3.05, 3.63) is 81.0 Å². The number of nitrogens with one attached hydrogen (secondary N) is 1. The van der Waals surface area contributed by atoms with Gasteiger partial charge in [0.05, 0.1) is 12.8 Å². The summed E-state index contributed by atoms with van der Waals surface area (Å²) >= 11 is 0. The number of anilines is 2. The Morgan fingerprint density at radius 1 is 1.15 bits per heavy atom. The van der Waals surface area contributed by atoms with Crippen molar-refractivity contribution in [3.8, 4) is 0 Å². The highest BCUT2D eigenvalue weighted by atomic mass is 16.3. The topological polar surface area (TPSA) is 119 Å². The first-order valence-corrected chi connectivity index (χ1v) is 10.9. The molecule has 0 radical (unpaired) electrons. The van der Waals surface area contributed by atoms with E-state index >= 15 is 0 Å². The zero-order chi connectivity index (χ0) is 23.5. The van der Waals surface area contributed by atoms with Crippen LogP contribution >= 0.6 is 0 Å². The number of rotatable bonds is 8. The SMILES string of the molecule is CCCCn1c(N)c(N(Cc2ccco2)C(=O)Cn2c(C)cc3ccccc32)c(=O)[nH]c1=O. The highest BCUT2D eigenvalue weighted by Crippen LogP contribution is 2.23. The number of benzene rings is 1. The van der Waals surface area contributed by atoms with Crippen LogP contribution in [0.3, 0.4) is 0 Å². The molecule has 1 aromatic carbocycles.